The predicted octanol–water partition coefficient (Wildman–Crippen LogP) is 19.7. The SMILES string of the molecule is c1ccc(N2c3ccc4cc3CC2c2cccc(c2)-c2cccc(c2)C2Cc3cc(ccc3N2c2ccccc2)-c2ccc3c(c2)c2cc(ccc2n3-c2ccccc2)-c2ccc3c(c2)c2cc-4ccc2n3-c2ccccc2)cc1. The number of anilines is 4. The van der Waals surface area contributed by atoms with Gasteiger partial charge in [-0.25, -0.2) is 0 Å². The third kappa shape index (κ3) is 7.02. The van der Waals surface area contributed by atoms with Crippen molar-refractivity contribution in [2.45, 2.75) is 24.9 Å². The summed E-state index contributed by atoms with van der Waals surface area (Å²) in [6, 6.07) is 105. The second kappa shape index (κ2) is 17.7. The van der Waals surface area contributed by atoms with Gasteiger partial charge in [-0.2, -0.15) is 0 Å². The highest BCUT2D eigenvalue weighted by Crippen LogP contribution is 2.50. The minimum absolute atomic E-state index is 0.113. The van der Waals surface area contributed by atoms with Crippen molar-refractivity contribution in [1.82, 2.24) is 9.13 Å². The van der Waals surface area contributed by atoms with Gasteiger partial charge in [0.05, 0.1) is 34.2 Å². The van der Waals surface area contributed by atoms with E-state index in [-0.39, 0.29) is 12.1 Å². The summed E-state index contributed by atoms with van der Waals surface area (Å²) in [5, 5.41) is 4.94. The minimum atomic E-state index is 0.113. The van der Waals surface area contributed by atoms with E-state index in [1.165, 1.54) is 133 Å². The van der Waals surface area contributed by atoms with Crippen LogP contribution in [-0.2, 0) is 12.8 Å². The van der Waals surface area contributed by atoms with Gasteiger partial charge < -0.3 is 18.9 Å². The standard InChI is InChI=1S/C76H52N4/c1-5-19-61(20-6-1)77-69-33-27-51-41-59(69)47-75(77)57-17-13-15-49(39-57)50-16-14-18-58(40-50)76-48-60-42-52(28-34-70(60)78(76)62-21-7-2-8-22-62)54-30-36-72-66(44-54)68-46-56(32-38-74(68)80(72)64-25-11-4-12-26-64)55-31-37-73-67(45-55)65-43-53(51)29-35-71(65)79(73)63-23-9-3-10-24-63/h1-46,75-76H,47-48H2. The number of hydrogen-bond donors (Lipinski definition) is 0. The number of hydrogen-bond acceptors (Lipinski definition) is 2. The fourth-order valence-electron chi connectivity index (χ4n) is 13.9. The van der Waals surface area contributed by atoms with Gasteiger partial charge in [-0.3, -0.25) is 0 Å². The molecule has 4 heterocycles. The van der Waals surface area contributed by atoms with Crippen LogP contribution in [0.25, 0.3) is 99.5 Å². The highest BCUT2D eigenvalue weighted by atomic mass is 15.2. The van der Waals surface area contributed by atoms with Crippen molar-refractivity contribution in [3.8, 4) is 55.9 Å². The zero-order valence-electron chi connectivity index (χ0n) is 43.9. The summed E-state index contributed by atoms with van der Waals surface area (Å²) < 4.78 is 4.87. The Hall–Kier alpha value is -10.2. The molecule has 376 valence electrons. The molecule has 0 amide bonds. The Morgan fingerprint density at radius 1 is 0.237 bits per heavy atom. The number of aromatic nitrogens is 2. The summed E-state index contributed by atoms with van der Waals surface area (Å²) >= 11 is 0. The van der Waals surface area contributed by atoms with Crippen LogP contribution in [0.4, 0.5) is 22.7 Å². The molecule has 80 heavy (non-hydrogen) atoms. The van der Waals surface area contributed by atoms with Crippen LogP contribution < -0.4 is 9.80 Å². The van der Waals surface area contributed by atoms with Crippen molar-refractivity contribution in [2.75, 3.05) is 9.80 Å². The van der Waals surface area contributed by atoms with Crippen LogP contribution in [0.3, 0.4) is 0 Å². The smallest absolute Gasteiger partial charge is 0.0632 e. The average molecular weight is 1020 g/mol. The summed E-state index contributed by atoms with van der Waals surface area (Å²) in [6.45, 7) is 0. The molecule has 0 fully saturated rings. The van der Waals surface area contributed by atoms with E-state index in [0.29, 0.717) is 0 Å². The lowest BCUT2D eigenvalue weighted by atomic mass is 9.93. The fourth-order valence-corrected chi connectivity index (χ4v) is 13.9. The average Bonchev–Trinajstić information content (AvgIpc) is 4.49. The molecule has 0 radical (unpaired) electrons. The van der Waals surface area contributed by atoms with Crippen molar-refractivity contribution in [3.05, 3.63) is 301 Å². The fraction of sp³-hybridized carbons (Fsp3) is 0.0526. The monoisotopic (exact) mass is 1020 g/mol. The van der Waals surface area contributed by atoms with Crippen LogP contribution in [0.2, 0.25) is 0 Å². The molecular weight excluding hydrogens is 969 g/mol. The summed E-state index contributed by atoms with van der Waals surface area (Å²) in [7, 11) is 0. The molecule has 0 saturated carbocycles. The van der Waals surface area contributed by atoms with Gasteiger partial charge in [-0.15, -0.1) is 0 Å². The number of rotatable bonds is 4. The summed E-state index contributed by atoms with van der Waals surface area (Å²) in [5.74, 6) is 0. The Labute approximate surface area is 464 Å². The van der Waals surface area contributed by atoms with Crippen LogP contribution in [0.1, 0.15) is 34.3 Å². The predicted molar refractivity (Wildman–Crippen MR) is 333 cm³/mol. The van der Waals surface area contributed by atoms with Gasteiger partial charge in [0.1, 0.15) is 0 Å². The molecule has 1 aliphatic carbocycles. The third-order valence-electron chi connectivity index (χ3n) is 17.6. The van der Waals surface area contributed by atoms with E-state index in [1.807, 2.05) is 0 Å². The number of benzene rings is 12. The van der Waals surface area contributed by atoms with Crippen molar-refractivity contribution in [3.63, 3.8) is 0 Å². The Kier molecular flexibility index (Phi) is 9.93. The lowest BCUT2D eigenvalue weighted by Crippen LogP contribution is -2.20. The van der Waals surface area contributed by atoms with Gasteiger partial charge in [0, 0.05) is 55.7 Å². The quantitative estimate of drug-likeness (QED) is 0.175. The van der Waals surface area contributed by atoms with Crippen molar-refractivity contribution in [1.29, 1.82) is 0 Å². The molecule has 3 aliphatic rings. The summed E-state index contributed by atoms with van der Waals surface area (Å²) in [6.07, 6.45) is 1.79. The molecule has 17 rings (SSSR count). The Bertz CT molecular complexity index is 4480. The molecule has 12 aromatic carbocycles. The Morgan fingerprint density at radius 2 is 0.537 bits per heavy atom. The van der Waals surface area contributed by atoms with Gasteiger partial charge in [-0.1, -0.05) is 146 Å². The third-order valence-corrected chi connectivity index (χ3v) is 17.6. The first-order valence-corrected chi connectivity index (χ1v) is 28.1. The van der Waals surface area contributed by atoms with E-state index in [1.54, 1.807) is 0 Å². The molecule has 4 nitrogen and oxygen atoms in total. The largest absolute Gasteiger partial charge is 0.333 e. The number of fused-ring (bicyclic) bond motifs is 18. The maximum absolute atomic E-state index is 2.57. The minimum Gasteiger partial charge on any atom is -0.333 e. The second-order valence-corrected chi connectivity index (χ2v) is 22.1. The molecular formula is C76H52N4. The van der Waals surface area contributed by atoms with Crippen LogP contribution in [0, 0.1) is 0 Å². The molecule has 2 unspecified atom stereocenters. The second-order valence-electron chi connectivity index (χ2n) is 22.1. The topological polar surface area (TPSA) is 16.3 Å². The van der Waals surface area contributed by atoms with E-state index in [4.69, 9.17) is 0 Å². The summed E-state index contributed by atoms with van der Waals surface area (Å²) in [4.78, 5) is 5.14. The zero-order chi connectivity index (χ0) is 52.4. The lowest BCUT2D eigenvalue weighted by Gasteiger charge is -2.29. The molecule has 2 aromatic heterocycles. The highest BCUT2D eigenvalue weighted by Gasteiger charge is 2.34. The van der Waals surface area contributed by atoms with Crippen molar-refractivity contribution >= 4 is 66.4 Å². The van der Waals surface area contributed by atoms with E-state index in [0.717, 1.165) is 24.2 Å². The van der Waals surface area contributed by atoms with Crippen molar-refractivity contribution in [2.24, 2.45) is 0 Å². The van der Waals surface area contributed by atoms with Crippen LogP contribution in [0.15, 0.2) is 279 Å². The zero-order valence-corrected chi connectivity index (χ0v) is 43.9. The number of para-hydroxylation sites is 4. The normalized spacial score (nSPS) is 15.1. The Balaban J connectivity index is 0.904. The number of nitrogens with zero attached hydrogens (tertiary/aromatic N) is 4. The maximum atomic E-state index is 2.57. The molecule has 0 saturated heterocycles. The maximum Gasteiger partial charge on any atom is 0.0632 e. The van der Waals surface area contributed by atoms with Gasteiger partial charge in [-0.05, 0) is 213 Å². The molecule has 2 aliphatic heterocycles. The Morgan fingerprint density at radius 3 is 0.887 bits per heavy atom. The lowest BCUT2D eigenvalue weighted by molar-refractivity contribution is 0.742. The first-order valence-electron chi connectivity index (χ1n) is 28.1. The van der Waals surface area contributed by atoms with E-state index >= 15 is 0 Å². The molecule has 4 heteroatoms. The van der Waals surface area contributed by atoms with Gasteiger partial charge >= 0.3 is 0 Å². The molecule has 0 N–H and O–H groups in total. The molecule has 2 atom stereocenters. The van der Waals surface area contributed by atoms with Crippen LogP contribution in [-0.4, -0.2) is 9.13 Å². The van der Waals surface area contributed by atoms with Crippen molar-refractivity contribution < 1.29 is 0 Å². The first kappa shape index (κ1) is 44.9. The van der Waals surface area contributed by atoms with Gasteiger partial charge in [0.25, 0.3) is 0 Å². The van der Waals surface area contributed by atoms with Crippen LogP contribution >= 0.6 is 0 Å². The van der Waals surface area contributed by atoms with Gasteiger partial charge in [0.15, 0.2) is 0 Å². The molecule has 0 spiro atoms. The van der Waals surface area contributed by atoms with Gasteiger partial charge in [0.2, 0.25) is 0 Å². The summed E-state index contributed by atoms with van der Waals surface area (Å²) in [5.41, 5.74) is 27.0. The van der Waals surface area contributed by atoms with E-state index in [2.05, 4.69) is 298 Å². The molecule has 18 bridgehead atoms. The van der Waals surface area contributed by atoms with E-state index < -0.39 is 0 Å². The highest BCUT2D eigenvalue weighted by molar-refractivity contribution is 6.14. The van der Waals surface area contributed by atoms with E-state index in [9.17, 15) is 0 Å². The molecule has 14 aromatic rings. The first-order chi connectivity index (χ1) is 39.6. The van der Waals surface area contributed by atoms with Crippen LogP contribution in [0.5, 0.6) is 0 Å².